The number of anilines is 1. The Kier molecular flexibility index (Phi) is 4.52. The zero-order chi connectivity index (χ0) is 17.8. The van der Waals surface area contributed by atoms with Crippen LogP contribution in [-0.2, 0) is 11.2 Å². The number of aryl methyl sites for hydroxylation is 1. The Labute approximate surface area is 151 Å². The summed E-state index contributed by atoms with van der Waals surface area (Å²) in [6, 6.07) is 9.08. The number of rotatable bonds is 6. The second kappa shape index (κ2) is 7.28. The summed E-state index contributed by atoms with van der Waals surface area (Å²) in [5, 5.41) is 8.98. The molecule has 0 spiro atoms. The fraction of sp³-hybridized carbons (Fsp3) is 0.118. The molecule has 0 aromatic carbocycles. The summed E-state index contributed by atoms with van der Waals surface area (Å²) in [6.45, 7) is 0. The third-order valence-corrected chi connectivity index (χ3v) is 4.21. The second-order valence-corrected chi connectivity index (χ2v) is 6.15. The van der Waals surface area contributed by atoms with Crippen molar-refractivity contribution >= 4 is 22.4 Å². The monoisotopic (exact) mass is 367 g/mol. The lowest BCUT2D eigenvalue weighted by molar-refractivity contribution is -0.116. The summed E-state index contributed by atoms with van der Waals surface area (Å²) in [5.74, 6) is 1.09. The summed E-state index contributed by atoms with van der Waals surface area (Å²) in [4.78, 5) is 24.9. The van der Waals surface area contributed by atoms with Crippen molar-refractivity contribution < 1.29 is 13.7 Å². The lowest BCUT2D eigenvalue weighted by atomic mass is 10.3. The molecule has 130 valence electrons. The molecule has 4 aromatic rings. The summed E-state index contributed by atoms with van der Waals surface area (Å²) in [5.41, 5.74) is 1.49. The van der Waals surface area contributed by atoms with Crippen LogP contribution in [0.15, 0.2) is 57.1 Å². The zero-order valence-corrected chi connectivity index (χ0v) is 14.3. The molecule has 0 unspecified atom stereocenters. The zero-order valence-electron chi connectivity index (χ0n) is 13.5. The van der Waals surface area contributed by atoms with Gasteiger partial charge in [-0.1, -0.05) is 11.2 Å². The van der Waals surface area contributed by atoms with E-state index in [9.17, 15) is 4.79 Å². The molecular weight excluding hydrogens is 354 g/mol. The SMILES string of the molecule is O=C(CCc1nc(-c2ccco2)no1)Nc1nc(-c2ccccn2)cs1. The quantitative estimate of drug-likeness (QED) is 0.556. The smallest absolute Gasteiger partial charge is 0.238 e. The van der Waals surface area contributed by atoms with E-state index < -0.39 is 0 Å². The molecule has 0 atom stereocenters. The van der Waals surface area contributed by atoms with E-state index in [0.717, 1.165) is 11.4 Å². The molecule has 0 fully saturated rings. The molecule has 4 rings (SSSR count). The molecule has 0 radical (unpaired) electrons. The van der Waals surface area contributed by atoms with Gasteiger partial charge < -0.3 is 14.3 Å². The van der Waals surface area contributed by atoms with Crippen LogP contribution in [0, 0.1) is 0 Å². The summed E-state index contributed by atoms with van der Waals surface area (Å²) >= 11 is 1.35. The highest BCUT2D eigenvalue weighted by molar-refractivity contribution is 7.14. The molecule has 0 saturated heterocycles. The Bertz CT molecular complexity index is 995. The molecule has 1 N–H and O–H groups in total. The molecule has 0 bridgehead atoms. The number of carbonyl (C=O) groups excluding carboxylic acids is 1. The maximum Gasteiger partial charge on any atom is 0.238 e. The Morgan fingerprint density at radius 3 is 2.92 bits per heavy atom. The van der Waals surface area contributed by atoms with E-state index in [2.05, 4.69) is 25.4 Å². The van der Waals surface area contributed by atoms with Crippen molar-refractivity contribution in [2.24, 2.45) is 0 Å². The molecule has 0 aliphatic rings. The minimum atomic E-state index is -0.176. The predicted molar refractivity (Wildman–Crippen MR) is 94.3 cm³/mol. The third-order valence-electron chi connectivity index (χ3n) is 3.45. The third kappa shape index (κ3) is 3.67. The average molecular weight is 367 g/mol. The van der Waals surface area contributed by atoms with Gasteiger partial charge >= 0.3 is 0 Å². The van der Waals surface area contributed by atoms with E-state index in [4.69, 9.17) is 8.94 Å². The number of hydrogen-bond donors (Lipinski definition) is 1. The first-order valence-corrected chi connectivity index (χ1v) is 8.69. The van der Waals surface area contributed by atoms with Crippen LogP contribution >= 0.6 is 11.3 Å². The number of amides is 1. The number of thiazole rings is 1. The van der Waals surface area contributed by atoms with Crippen LogP contribution in [0.3, 0.4) is 0 Å². The molecule has 0 saturated carbocycles. The van der Waals surface area contributed by atoms with Gasteiger partial charge in [0, 0.05) is 24.4 Å². The summed E-state index contributed by atoms with van der Waals surface area (Å²) in [6.07, 6.45) is 3.77. The maximum absolute atomic E-state index is 12.1. The Morgan fingerprint density at radius 2 is 2.12 bits per heavy atom. The van der Waals surface area contributed by atoms with Gasteiger partial charge in [0.15, 0.2) is 10.9 Å². The van der Waals surface area contributed by atoms with Crippen LogP contribution in [-0.4, -0.2) is 26.0 Å². The average Bonchev–Trinajstić information content (AvgIpc) is 3.41. The van der Waals surface area contributed by atoms with Gasteiger partial charge in [0.2, 0.25) is 17.6 Å². The van der Waals surface area contributed by atoms with E-state index in [1.807, 2.05) is 23.6 Å². The van der Waals surface area contributed by atoms with Crippen LogP contribution in [0.25, 0.3) is 23.0 Å². The first-order valence-electron chi connectivity index (χ1n) is 7.81. The van der Waals surface area contributed by atoms with E-state index in [1.54, 1.807) is 18.3 Å². The van der Waals surface area contributed by atoms with Gasteiger partial charge in [-0.05, 0) is 24.3 Å². The first-order chi connectivity index (χ1) is 12.8. The summed E-state index contributed by atoms with van der Waals surface area (Å²) in [7, 11) is 0. The molecule has 4 heterocycles. The van der Waals surface area contributed by atoms with Gasteiger partial charge in [0.1, 0.15) is 5.69 Å². The highest BCUT2D eigenvalue weighted by atomic mass is 32.1. The molecule has 0 aliphatic heterocycles. The number of carbonyl (C=O) groups is 1. The van der Waals surface area contributed by atoms with Crippen molar-refractivity contribution in [1.82, 2.24) is 20.1 Å². The molecule has 0 aliphatic carbocycles. The van der Waals surface area contributed by atoms with Gasteiger partial charge in [-0.15, -0.1) is 11.3 Å². The Morgan fingerprint density at radius 1 is 1.15 bits per heavy atom. The lowest BCUT2D eigenvalue weighted by Crippen LogP contribution is -2.12. The number of pyridine rings is 1. The van der Waals surface area contributed by atoms with E-state index in [1.165, 1.54) is 17.6 Å². The molecule has 8 nitrogen and oxygen atoms in total. The van der Waals surface area contributed by atoms with Gasteiger partial charge in [0.05, 0.1) is 12.0 Å². The summed E-state index contributed by atoms with van der Waals surface area (Å²) < 4.78 is 10.3. The molecule has 9 heteroatoms. The van der Waals surface area contributed by atoms with Crippen molar-refractivity contribution in [3.05, 3.63) is 54.1 Å². The molecule has 4 aromatic heterocycles. The van der Waals surface area contributed by atoms with Crippen LogP contribution in [0.1, 0.15) is 12.3 Å². The lowest BCUT2D eigenvalue weighted by Gasteiger charge is -1.99. The number of nitrogens with zero attached hydrogens (tertiary/aromatic N) is 4. The van der Waals surface area contributed by atoms with Crippen molar-refractivity contribution in [2.75, 3.05) is 5.32 Å². The van der Waals surface area contributed by atoms with Crippen molar-refractivity contribution in [3.63, 3.8) is 0 Å². The predicted octanol–water partition coefficient (Wildman–Crippen LogP) is 3.42. The van der Waals surface area contributed by atoms with E-state index in [0.29, 0.717) is 29.0 Å². The van der Waals surface area contributed by atoms with E-state index >= 15 is 0 Å². The largest absolute Gasteiger partial charge is 0.461 e. The maximum atomic E-state index is 12.1. The van der Waals surface area contributed by atoms with Crippen LogP contribution < -0.4 is 5.32 Å². The normalized spacial score (nSPS) is 10.8. The molecule has 26 heavy (non-hydrogen) atoms. The second-order valence-electron chi connectivity index (χ2n) is 5.29. The van der Waals surface area contributed by atoms with Gasteiger partial charge in [0.25, 0.3) is 0 Å². The highest BCUT2D eigenvalue weighted by Crippen LogP contribution is 2.23. The van der Waals surface area contributed by atoms with Crippen LogP contribution in [0.2, 0.25) is 0 Å². The fourth-order valence-electron chi connectivity index (χ4n) is 2.23. The first kappa shape index (κ1) is 16.2. The van der Waals surface area contributed by atoms with Crippen molar-refractivity contribution in [2.45, 2.75) is 12.8 Å². The van der Waals surface area contributed by atoms with E-state index in [-0.39, 0.29) is 12.3 Å². The van der Waals surface area contributed by atoms with Crippen molar-refractivity contribution in [1.29, 1.82) is 0 Å². The molecular formula is C17H13N5O3S. The topological polar surface area (TPSA) is 107 Å². The van der Waals surface area contributed by atoms with Gasteiger partial charge in [-0.2, -0.15) is 4.98 Å². The number of nitrogens with one attached hydrogen (secondary N) is 1. The van der Waals surface area contributed by atoms with Gasteiger partial charge in [-0.3, -0.25) is 9.78 Å². The molecule has 1 amide bonds. The fourth-order valence-corrected chi connectivity index (χ4v) is 2.95. The van der Waals surface area contributed by atoms with Crippen LogP contribution in [0.5, 0.6) is 0 Å². The minimum Gasteiger partial charge on any atom is -0.461 e. The van der Waals surface area contributed by atoms with Gasteiger partial charge in [-0.25, -0.2) is 4.98 Å². The van der Waals surface area contributed by atoms with Crippen LogP contribution in [0.4, 0.5) is 5.13 Å². The van der Waals surface area contributed by atoms with Crippen molar-refractivity contribution in [3.8, 4) is 23.0 Å². The Hall–Kier alpha value is -3.33. The standard InChI is InChI=1S/C17H13N5O3S/c23-14(6-7-15-21-16(22-25-15)13-5-3-9-24-13)20-17-19-12(10-26-17)11-4-1-2-8-18-11/h1-5,8-10H,6-7H2,(H,19,20,23). The number of aromatic nitrogens is 4. The number of furan rings is 1. The minimum absolute atomic E-state index is 0.176. The Balaban J connectivity index is 1.33. The number of hydrogen-bond acceptors (Lipinski definition) is 8. The highest BCUT2D eigenvalue weighted by Gasteiger charge is 2.13.